The Morgan fingerprint density at radius 3 is 2.49 bits per heavy atom. The van der Waals surface area contributed by atoms with E-state index in [0.717, 1.165) is 0 Å². The zero-order valence-electron chi connectivity index (χ0n) is 18.8. The van der Waals surface area contributed by atoms with Gasteiger partial charge >= 0.3 is 11.3 Å². The molecule has 8 heteroatoms. The summed E-state index contributed by atoms with van der Waals surface area (Å²) in [6.45, 7) is 0.155. The Balaban J connectivity index is 1.56. The number of hydrogen-bond donors (Lipinski definition) is 0. The van der Waals surface area contributed by atoms with Gasteiger partial charge in [0.15, 0.2) is 11.3 Å². The van der Waals surface area contributed by atoms with Gasteiger partial charge in [0.1, 0.15) is 23.8 Å². The smallest absolute Gasteiger partial charge is 0.344 e. The molecule has 5 aromatic rings. The third-order valence-electron chi connectivity index (χ3n) is 5.55. The summed E-state index contributed by atoms with van der Waals surface area (Å²) < 4.78 is 40.7. The summed E-state index contributed by atoms with van der Waals surface area (Å²) >= 11 is 0. The zero-order chi connectivity index (χ0) is 24.5. The van der Waals surface area contributed by atoms with E-state index in [0.29, 0.717) is 39.0 Å². The monoisotopic (exact) mass is 474 g/mol. The average Bonchev–Trinajstić information content (AvgIpc) is 2.85. The fourth-order valence-corrected chi connectivity index (χ4v) is 3.92. The van der Waals surface area contributed by atoms with Crippen molar-refractivity contribution in [1.29, 1.82) is 0 Å². The summed E-state index contributed by atoms with van der Waals surface area (Å²) in [6, 6.07) is 17.4. The molecular formula is C27H19FO7. The minimum absolute atomic E-state index is 0.155. The molecule has 0 bridgehead atoms. The Hall–Kier alpha value is -4.59. The van der Waals surface area contributed by atoms with E-state index in [4.69, 9.17) is 23.0 Å². The molecule has 0 radical (unpaired) electrons. The molecule has 0 spiro atoms. The maximum absolute atomic E-state index is 13.4. The molecule has 2 aromatic heterocycles. The van der Waals surface area contributed by atoms with E-state index in [1.807, 2.05) is 0 Å². The number of methoxy groups -OCH3 is 2. The average molecular weight is 474 g/mol. The van der Waals surface area contributed by atoms with Crippen LogP contribution in [-0.2, 0) is 6.61 Å². The first-order valence-electron chi connectivity index (χ1n) is 10.6. The molecular weight excluding hydrogens is 455 g/mol. The van der Waals surface area contributed by atoms with Crippen molar-refractivity contribution in [3.8, 4) is 28.4 Å². The third kappa shape index (κ3) is 4.21. The van der Waals surface area contributed by atoms with Gasteiger partial charge in [0.2, 0.25) is 5.75 Å². The summed E-state index contributed by atoms with van der Waals surface area (Å²) in [5.74, 6) is 0.743. The largest absolute Gasteiger partial charge is 0.493 e. The lowest BCUT2D eigenvalue weighted by Crippen LogP contribution is -2.07. The highest BCUT2D eigenvalue weighted by Crippen LogP contribution is 2.38. The number of hydrogen-bond acceptors (Lipinski definition) is 7. The lowest BCUT2D eigenvalue weighted by atomic mass is 10.0. The van der Waals surface area contributed by atoms with Gasteiger partial charge in [-0.05, 0) is 48.0 Å². The Kier molecular flexibility index (Phi) is 5.70. The Morgan fingerprint density at radius 1 is 0.857 bits per heavy atom. The summed E-state index contributed by atoms with van der Waals surface area (Å²) in [4.78, 5) is 25.3. The van der Waals surface area contributed by atoms with Gasteiger partial charge in [0, 0.05) is 28.5 Å². The van der Waals surface area contributed by atoms with Crippen molar-refractivity contribution >= 4 is 21.9 Å². The van der Waals surface area contributed by atoms with E-state index in [9.17, 15) is 14.0 Å². The molecule has 0 aliphatic rings. The van der Waals surface area contributed by atoms with Crippen molar-refractivity contribution in [3.05, 3.63) is 99.0 Å². The third-order valence-corrected chi connectivity index (χ3v) is 5.55. The molecule has 0 saturated heterocycles. The second kappa shape index (κ2) is 8.98. The summed E-state index contributed by atoms with van der Waals surface area (Å²) in [7, 11) is 2.90. The fourth-order valence-electron chi connectivity index (χ4n) is 3.92. The van der Waals surface area contributed by atoms with Crippen molar-refractivity contribution in [3.63, 3.8) is 0 Å². The van der Waals surface area contributed by atoms with E-state index in [1.54, 1.807) is 48.5 Å². The first-order chi connectivity index (χ1) is 17.0. The van der Waals surface area contributed by atoms with Crippen LogP contribution in [0.1, 0.15) is 5.56 Å². The molecule has 0 aliphatic heterocycles. The molecule has 0 atom stereocenters. The van der Waals surface area contributed by atoms with Gasteiger partial charge in [-0.3, -0.25) is 0 Å². The zero-order valence-corrected chi connectivity index (χ0v) is 18.8. The van der Waals surface area contributed by atoms with Crippen molar-refractivity contribution in [2.24, 2.45) is 0 Å². The Bertz CT molecular complexity index is 1680. The Morgan fingerprint density at radius 2 is 1.71 bits per heavy atom. The number of rotatable bonds is 6. The predicted molar refractivity (Wildman–Crippen MR) is 128 cm³/mol. The van der Waals surface area contributed by atoms with Gasteiger partial charge in [0.25, 0.3) is 0 Å². The van der Waals surface area contributed by atoms with Gasteiger partial charge in [-0.15, -0.1) is 0 Å². The summed E-state index contributed by atoms with van der Waals surface area (Å²) in [5, 5.41) is 1.11. The highest BCUT2D eigenvalue weighted by Gasteiger charge is 2.19. The molecule has 0 unspecified atom stereocenters. The molecule has 5 rings (SSSR count). The van der Waals surface area contributed by atoms with Crippen LogP contribution in [0.3, 0.4) is 0 Å². The molecule has 0 fully saturated rings. The van der Waals surface area contributed by atoms with E-state index in [-0.39, 0.29) is 29.3 Å². The number of halogens is 1. The van der Waals surface area contributed by atoms with Gasteiger partial charge < -0.3 is 23.0 Å². The minimum atomic E-state index is -0.653. The second-order valence-corrected chi connectivity index (χ2v) is 7.72. The van der Waals surface area contributed by atoms with Crippen LogP contribution < -0.4 is 25.5 Å². The minimum Gasteiger partial charge on any atom is -0.493 e. The molecule has 35 heavy (non-hydrogen) atoms. The van der Waals surface area contributed by atoms with Gasteiger partial charge in [-0.2, -0.15) is 0 Å². The number of fused-ring (bicyclic) bond motifs is 2. The Labute approximate surface area is 197 Å². The highest BCUT2D eigenvalue weighted by atomic mass is 19.1. The van der Waals surface area contributed by atoms with Crippen molar-refractivity contribution in [2.75, 3.05) is 14.2 Å². The molecule has 176 valence electrons. The number of ether oxygens (including phenoxy) is 3. The van der Waals surface area contributed by atoms with E-state index < -0.39 is 11.3 Å². The van der Waals surface area contributed by atoms with E-state index in [1.165, 1.54) is 32.4 Å². The SMILES string of the molecule is COc1ccc2c(-c3cc4ccc(OCc5cccc(F)c5)cc4oc3=O)cc(=O)oc2c1OC. The molecule has 0 N–H and O–H groups in total. The van der Waals surface area contributed by atoms with Crippen molar-refractivity contribution in [1.82, 2.24) is 0 Å². The van der Waals surface area contributed by atoms with Crippen molar-refractivity contribution < 1.29 is 27.4 Å². The highest BCUT2D eigenvalue weighted by molar-refractivity contribution is 5.98. The quantitative estimate of drug-likeness (QED) is 0.309. The topological polar surface area (TPSA) is 88.1 Å². The molecule has 0 saturated carbocycles. The molecule has 3 aromatic carbocycles. The van der Waals surface area contributed by atoms with Crippen LogP contribution in [0.2, 0.25) is 0 Å². The lowest BCUT2D eigenvalue weighted by molar-refractivity contribution is 0.305. The van der Waals surface area contributed by atoms with E-state index in [2.05, 4.69) is 0 Å². The molecule has 2 heterocycles. The molecule has 7 nitrogen and oxygen atoms in total. The standard InChI is InChI=1S/C27H19FO7/c1-31-22-9-8-19-20(13-24(29)35-25(19)26(22)32-2)21-11-16-6-7-18(12-23(16)34-27(21)30)33-14-15-4-3-5-17(28)10-15/h3-13H,14H2,1-2H3. The van der Waals surface area contributed by atoms with E-state index >= 15 is 0 Å². The normalized spacial score (nSPS) is 11.1. The van der Waals surface area contributed by atoms with Gasteiger partial charge in [-0.25, -0.2) is 14.0 Å². The second-order valence-electron chi connectivity index (χ2n) is 7.72. The van der Waals surface area contributed by atoms with Crippen LogP contribution in [0.15, 0.2) is 85.2 Å². The first-order valence-corrected chi connectivity index (χ1v) is 10.6. The van der Waals surface area contributed by atoms with Crippen LogP contribution in [-0.4, -0.2) is 14.2 Å². The van der Waals surface area contributed by atoms with Crippen LogP contribution in [0, 0.1) is 5.82 Å². The maximum Gasteiger partial charge on any atom is 0.344 e. The predicted octanol–water partition coefficient (Wildman–Crippen LogP) is 5.30. The number of benzene rings is 3. The van der Waals surface area contributed by atoms with Crippen LogP contribution >= 0.6 is 0 Å². The van der Waals surface area contributed by atoms with Crippen molar-refractivity contribution in [2.45, 2.75) is 6.61 Å². The summed E-state index contributed by atoms with van der Waals surface area (Å²) in [5.41, 5.74) is 0.386. The lowest BCUT2D eigenvalue weighted by Gasteiger charge is -2.12. The fraction of sp³-hybridized carbons (Fsp3) is 0.111. The van der Waals surface area contributed by atoms with Gasteiger partial charge in [-0.1, -0.05) is 12.1 Å². The summed E-state index contributed by atoms with van der Waals surface area (Å²) in [6.07, 6.45) is 0. The van der Waals surface area contributed by atoms with Gasteiger partial charge in [0.05, 0.1) is 19.8 Å². The van der Waals surface area contributed by atoms with Crippen LogP contribution in [0.4, 0.5) is 4.39 Å². The molecule has 0 amide bonds. The maximum atomic E-state index is 13.4. The van der Waals surface area contributed by atoms with Crippen LogP contribution in [0.25, 0.3) is 33.1 Å². The molecule has 0 aliphatic carbocycles. The van der Waals surface area contributed by atoms with Crippen LogP contribution in [0.5, 0.6) is 17.2 Å². The first kappa shape index (κ1) is 22.2.